The Labute approximate surface area is 143 Å². The van der Waals surface area contributed by atoms with Crippen LogP contribution in [0.2, 0.25) is 0 Å². The normalized spacial score (nSPS) is 21.8. The van der Waals surface area contributed by atoms with Crippen molar-refractivity contribution in [2.75, 3.05) is 13.1 Å². The fourth-order valence-corrected chi connectivity index (χ4v) is 3.36. The Kier molecular flexibility index (Phi) is 4.50. The Morgan fingerprint density at radius 1 is 1.17 bits per heavy atom. The van der Waals surface area contributed by atoms with Crippen LogP contribution in [0.4, 0.5) is 4.79 Å². The molecule has 2 unspecified atom stereocenters. The van der Waals surface area contributed by atoms with E-state index in [2.05, 4.69) is 24.3 Å². The molecule has 1 aliphatic heterocycles. The number of likely N-dealkylation sites (tertiary alicyclic amines) is 1. The van der Waals surface area contributed by atoms with Crippen LogP contribution in [-0.2, 0) is 4.74 Å². The molecule has 2 atom stereocenters. The second-order valence-electron chi connectivity index (χ2n) is 7.46. The molecule has 3 rings (SSSR count). The molecule has 1 saturated heterocycles. The number of piperidine rings is 1. The molecule has 0 aromatic heterocycles. The van der Waals surface area contributed by atoms with Crippen LogP contribution in [0, 0.1) is 0 Å². The maximum atomic E-state index is 12.2. The van der Waals surface area contributed by atoms with E-state index in [4.69, 9.17) is 4.74 Å². The lowest BCUT2D eigenvalue weighted by atomic mass is 9.84. The summed E-state index contributed by atoms with van der Waals surface area (Å²) in [6, 6.07) is 14.4. The number of fused-ring (bicyclic) bond motifs is 1. The van der Waals surface area contributed by atoms with E-state index < -0.39 is 11.7 Å². The van der Waals surface area contributed by atoms with E-state index in [-0.39, 0.29) is 12.0 Å². The molecule has 0 bridgehead atoms. The zero-order valence-corrected chi connectivity index (χ0v) is 14.5. The van der Waals surface area contributed by atoms with Crippen molar-refractivity contribution < 1.29 is 14.6 Å². The monoisotopic (exact) mass is 327 g/mol. The number of rotatable bonds is 1. The van der Waals surface area contributed by atoms with E-state index in [0.717, 1.165) is 12.0 Å². The summed E-state index contributed by atoms with van der Waals surface area (Å²) in [5, 5.41) is 13.0. The number of nitrogens with zero attached hydrogens (tertiary/aromatic N) is 1. The first-order valence-corrected chi connectivity index (χ1v) is 8.49. The Morgan fingerprint density at radius 3 is 2.58 bits per heavy atom. The van der Waals surface area contributed by atoms with Gasteiger partial charge >= 0.3 is 6.09 Å². The van der Waals surface area contributed by atoms with Crippen molar-refractivity contribution in [1.29, 1.82) is 0 Å². The molecule has 128 valence electrons. The molecular weight excluding hydrogens is 302 g/mol. The minimum Gasteiger partial charge on any atom is -0.444 e. The number of amides is 1. The summed E-state index contributed by atoms with van der Waals surface area (Å²) in [4.78, 5) is 13.8. The van der Waals surface area contributed by atoms with Gasteiger partial charge in [0.05, 0.1) is 12.6 Å². The Hall–Kier alpha value is -2.07. The summed E-state index contributed by atoms with van der Waals surface area (Å²) in [6.45, 7) is 6.46. The first-order chi connectivity index (χ1) is 11.3. The molecule has 4 nitrogen and oxygen atoms in total. The highest BCUT2D eigenvalue weighted by Crippen LogP contribution is 2.33. The second kappa shape index (κ2) is 6.44. The summed E-state index contributed by atoms with van der Waals surface area (Å²) < 4.78 is 5.41. The third-order valence-electron chi connectivity index (χ3n) is 4.46. The first-order valence-electron chi connectivity index (χ1n) is 8.49. The Morgan fingerprint density at radius 2 is 1.88 bits per heavy atom. The summed E-state index contributed by atoms with van der Waals surface area (Å²) >= 11 is 0. The van der Waals surface area contributed by atoms with E-state index in [1.165, 1.54) is 10.8 Å². The number of hydrogen-bond donors (Lipinski definition) is 1. The van der Waals surface area contributed by atoms with Crippen molar-refractivity contribution in [3.05, 3.63) is 48.0 Å². The largest absolute Gasteiger partial charge is 0.444 e. The van der Waals surface area contributed by atoms with Gasteiger partial charge < -0.3 is 14.7 Å². The molecule has 2 aromatic carbocycles. The van der Waals surface area contributed by atoms with Crippen molar-refractivity contribution in [2.45, 2.75) is 44.8 Å². The molecular formula is C20H25NO3. The highest BCUT2D eigenvalue weighted by molar-refractivity contribution is 5.86. The van der Waals surface area contributed by atoms with Crippen molar-refractivity contribution in [1.82, 2.24) is 4.90 Å². The van der Waals surface area contributed by atoms with Gasteiger partial charge in [-0.05, 0) is 43.5 Å². The summed E-state index contributed by atoms with van der Waals surface area (Å²) in [7, 11) is 0. The van der Waals surface area contributed by atoms with Crippen molar-refractivity contribution in [2.24, 2.45) is 0 Å². The molecule has 24 heavy (non-hydrogen) atoms. The molecule has 2 aromatic rings. The van der Waals surface area contributed by atoms with E-state index in [0.29, 0.717) is 13.1 Å². The van der Waals surface area contributed by atoms with E-state index in [1.807, 2.05) is 39.0 Å². The number of carbonyl (C=O) groups is 1. The lowest BCUT2D eigenvalue weighted by Gasteiger charge is -2.37. The molecule has 1 amide bonds. The van der Waals surface area contributed by atoms with Crippen molar-refractivity contribution in [3.8, 4) is 0 Å². The molecule has 1 N–H and O–H groups in total. The molecule has 1 heterocycles. The number of carbonyl (C=O) groups excluding carboxylic acids is 1. The van der Waals surface area contributed by atoms with Crippen LogP contribution in [0.15, 0.2) is 42.5 Å². The predicted octanol–water partition coefficient (Wildman–Crippen LogP) is 3.93. The maximum absolute atomic E-state index is 12.2. The number of ether oxygens (including phenoxy) is 1. The molecule has 1 aliphatic rings. The maximum Gasteiger partial charge on any atom is 0.410 e. The number of β-amino-alcohol motifs (C(OH)–C–C–N with tert-alkyl or cyclic N) is 1. The van der Waals surface area contributed by atoms with Crippen LogP contribution in [0.1, 0.15) is 38.7 Å². The highest BCUT2D eigenvalue weighted by Gasteiger charge is 2.33. The van der Waals surface area contributed by atoms with Gasteiger partial charge in [0.2, 0.25) is 0 Å². The SMILES string of the molecule is CC(C)(C)OC(=O)N1CCC(c2cccc3ccccc23)C(O)C1. The van der Waals surface area contributed by atoms with Gasteiger partial charge in [-0.1, -0.05) is 42.5 Å². The molecule has 0 spiro atoms. The second-order valence-corrected chi connectivity index (χ2v) is 7.46. The average Bonchev–Trinajstić information content (AvgIpc) is 2.53. The van der Waals surface area contributed by atoms with Crippen molar-refractivity contribution >= 4 is 16.9 Å². The van der Waals surface area contributed by atoms with Gasteiger partial charge in [0.15, 0.2) is 0 Å². The summed E-state index contributed by atoms with van der Waals surface area (Å²) in [6.07, 6.45) is -0.205. The van der Waals surface area contributed by atoms with Gasteiger partial charge in [-0.15, -0.1) is 0 Å². The summed E-state index contributed by atoms with van der Waals surface area (Å²) in [5.41, 5.74) is 0.638. The topological polar surface area (TPSA) is 49.8 Å². The third kappa shape index (κ3) is 3.54. The Bertz CT molecular complexity index is 730. The van der Waals surface area contributed by atoms with Crippen LogP contribution in [0.25, 0.3) is 10.8 Å². The van der Waals surface area contributed by atoms with E-state index in [9.17, 15) is 9.90 Å². The lowest BCUT2D eigenvalue weighted by molar-refractivity contribution is -0.00138. The van der Waals surface area contributed by atoms with E-state index in [1.54, 1.807) is 4.90 Å². The van der Waals surface area contributed by atoms with Crippen LogP contribution in [0.3, 0.4) is 0 Å². The molecule has 0 saturated carbocycles. The minimum absolute atomic E-state index is 0.0368. The fourth-order valence-electron chi connectivity index (χ4n) is 3.36. The smallest absolute Gasteiger partial charge is 0.410 e. The first kappa shape index (κ1) is 16.8. The zero-order valence-electron chi connectivity index (χ0n) is 14.5. The minimum atomic E-state index is -0.586. The van der Waals surface area contributed by atoms with Crippen LogP contribution in [0.5, 0.6) is 0 Å². The van der Waals surface area contributed by atoms with Gasteiger partial charge in [0, 0.05) is 12.5 Å². The van der Waals surface area contributed by atoms with Crippen LogP contribution >= 0.6 is 0 Å². The van der Waals surface area contributed by atoms with Gasteiger partial charge in [0.1, 0.15) is 5.60 Å². The molecule has 1 fully saturated rings. The van der Waals surface area contributed by atoms with E-state index >= 15 is 0 Å². The standard InChI is InChI=1S/C20H25NO3/c1-20(2,3)24-19(23)21-12-11-17(18(22)13-21)16-10-6-8-14-7-4-5-9-15(14)16/h4-10,17-18,22H,11-13H2,1-3H3. The number of aliphatic hydroxyl groups is 1. The fraction of sp³-hybridized carbons (Fsp3) is 0.450. The van der Waals surface area contributed by atoms with Gasteiger partial charge in [-0.25, -0.2) is 4.79 Å². The van der Waals surface area contributed by atoms with Crippen LogP contribution < -0.4 is 0 Å². The number of hydrogen-bond acceptors (Lipinski definition) is 3. The average molecular weight is 327 g/mol. The van der Waals surface area contributed by atoms with Gasteiger partial charge in [-0.3, -0.25) is 0 Å². The third-order valence-corrected chi connectivity index (χ3v) is 4.46. The Balaban J connectivity index is 1.77. The predicted molar refractivity (Wildman–Crippen MR) is 95.1 cm³/mol. The van der Waals surface area contributed by atoms with Gasteiger partial charge in [0.25, 0.3) is 0 Å². The summed E-state index contributed by atoms with van der Waals surface area (Å²) in [5.74, 6) is 0.0368. The molecule has 4 heteroatoms. The molecule has 0 aliphatic carbocycles. The number of aliphatic hydroxyl groups excluding tert-OH is 1. The van der Waals surface area contributed by atoms with Crippen molar-refractivity contribution in [3.63, 3.8) is 0 Å². The van der Waals surface area contributed by atoms with Crippen LogP contribution in [-0.4, -0.2) is 40.9 Å². The highest BCUT2D eigenvalue weighted by atomic mass is 16.6. The molecule has 0 radical (unpaired) electrons. The lowest BCUT2D eigenvalue weighted by Crippen LogP contribution is -2.47. The van der Waals surface area contributed by atoms with Gasteiger partial charge in [-0.2, -0.15) is 0 Å². The quantitative estimate of drug-likeness (QED) is 0.863. The zero-order chi connectivity index (χ0) is 17.3. The number of benzene rings is 2.